The van der Waals surface area contributed by atoms with Crippen molar-refractivity contribution in [2.24, 2.45) is 0 Å². The summed E-state index contributed by atoms with van der Waals surface area (Å²) in [5.41, 5.74) is 7.33. The normalized spacial score (nSPS) is 10.2. The quantitative estimate of drug-likeness (QED) is 0.641. The maximum Gasteiger partial charge on any atom is 0.352 e. The van der Waals surface area contributed by atoms with Crippen molar-refractivity contribution in [1.29, 1.82) is 0 Å². The van der Waals surface area contributed by atoms with Crippen LogP contribution in [0.4, 0.5) is 17.3 Å². The van der Waals surface area contributed by atoms with Crippen LogP contribution in [-0.4, -0.2) is 14.9 Å². The molecule has 19 heavy (non-hydrogen) atoms. The lowest BCUT2D eigenvalue weighted by Crippen LogP contribution is -2.08. The van der Waals surface area contributed by atoms with Crippen molar-refractivity contribution in [3.05, 3.63) is 51.8 Å². The van der Waals surface area contributed by atoms with Crippen LogP contribution in [0.2, 0.25) is 0 Å². The van der Waals surface area contributed by atoms with Gasteiger partial charge in [0.1, 0.15) is 6.33 Å². The van der Waals surface area contributed by atoms with E-state index in [1.165, 1.54) is 6.33 Å². The van der Waals surface area contributed by atoms with Crippen molar-refractivity contribution >= 4 is 17.3 Å². The van der Waals surface area contributed by atoms with E-state index in [0.717, 1.165) is 11.1 Å². The summed E-state index contributed by atoms with van der Waals surface area (Å²) in [6.07, 6.45) is 1.20. The largest absolute Gasteiger partial charge is 0.378 e. The molecule has 3 N–H and O–H groups in total. The van der Waals surface area contributed by atoms with E-state index in [0.29, 0.717) is 6.54 Å². The molecule has 1 heterocycles. The number of aromatic nitrogens is 2. The lowest BCUT2D eigenvalue weighted by molar-refractivity contribution is -0.383. The molecule has 0 aliphatic heterocycles. The Bertz CT molecular complexity index is 615. The number of hydrogen-bond donors (Lipinski definition) is 2. The molecular weight excluding hydrogens is 246 g/mol. The predicted molar refractivity (Wildman–Crippen MR) is 71.6 cm³/mol. The van der Waals surface area contributed by atoms with Crippen molar-refractivity contribution in [3.8, 4) is 0 Å². The molecule has 0 aliphatic carbocycles. The van der Waals surface area contributed by atoms with Crippen LogP contribution >= 0.6 is 0 Å². The minimum atomic E-state index is -0.588. The minimum absolute atomic E-state index is 0.126. The fourth-order valence-corrected chi connectivity index (χ4v) is 1.69. The monoisotopic (exact) mass is 259 g/mol. The lowest BCUT2D eigenvalue weighted by Gasteiger charge is -2.08. The van der Waals surface area contributed by atoms with Crippen molar-refractivity contribution in [2.45, 2.75) is 13.5 Å². The summed E-state index contributed by atoms with van der Waals surface area (Å²) in [5.74, 6) is -0.0203. The topological polar surface area (TPSA) is 107 Å². The molecule has 7 heteroatoms. The van der Waals surface area contributed by atoms with Crippen LogP contribution in [0, 0.1) is 17.0 Å². The number of hydrogen-bond acceptors (Lipinski definition) is 6. The molecule has 0 aliphatic rings. The zero-order chi connectivity index (χ0) is 13.8. The average molecular weight is 259 g/mol. The number of nitrogen functional groups attached to an aromatic ring is 1. The van der Waals surface area contributed by atoms with Crippen molar-refractivity contribution in [2.75, 3.05) is 11.1 Å². The number of nitrogens with one attached hydrogen (secondary N) is 1. The van der Waals surface area contributed by atoms with Gasteiger partial charge in [-0.15, -0.1) is 0 Å². The first-order valence-corrected chi connectivity index (χ1v) is 5.63. The number of nitro groups is 1. The Labute approximate surface area is 109 Å². The first kappa shape index (κ1) is 12.7. The predicted octanol–water partition coefficient (Wildman–Crippen LogP) is 1.89. The van der Waals surface area contributed by atoms with E-state index in [4.69, 9.17) is 5.73 Å². The first-order chi connectivity index (χ1) is 9.09. The number of aryl methyl sites for hydroxylation is 1. The summed E-state index contributed by atoms with van der Waals surface area (Å²) < 4.78 is 0. The number of anilines is 2. The molecule has 1 aromatic heterocycles. The highest BCUT2D eigenvalue weighted by atomic mass is 16.6. The van der Waals surface area contributed by atoms with Crippen LogP contribution in [0.25, 0.3) is 0 Å². The van der Waals surface area contributed by atoms with E-state index in [1.54, 1.807) is 0 Å². The zero-order valence-electron chi connectivity index (χ0n) is 10.3. The van der Waals surface area contributed by atoms with E-state index in [-0.39, 0.29) is 17.3 Å². The smallest absolute Gasteiger partial charge is 0.352 e. The van der Waals surface area contributed by atoms with Crippen molar-refractivity contribution in [3.63, 3.8) is 0 Å². The maximum absolute atomic E-state index is 10.9. The molecule has 7 nitrogen and oxygen atoms in total. The second-order valence-corrected chi connectivity index (χ2v) is 3.99. The summed E-state index contributed by atoms with van der Waals surface area (Å²) in [7, 11) is 0. The zero-order valence-corrected chi connectivity index (χ0v) is 10.3. The maximum atomic E-state index is 10.9. The summed E-state index contributed by atoms with van der Waals surface area (Å²) in [5, 5.41) is 13.8. The van der Waals surface area contributed by atoms with E-state index >= 15 is 0 Å². The Morgan fingerprint density at radius 3 is 2.79 bits per heavy atom. The Kier molecular flexibility index (Phi) is 3.56. The Morgan fingerprint density at radius 2 is 2.11 bits per heavy atom. The SMILES string of the molecule is Cc1ccccc1CNc1ncnc(N)c1[N+](=O)[O-]. The molecule has 0 saturated heterocycles. The molecule has 0 atom stereocenters. The van der Waals surface area contributed by atoms with E-state index in [9.17, 15) is 10.1 Å². The van der Waals surface area contributed by atoms with Gasteiger partial charge in [-0.1, -0.05) is 24.3 Å². The molecule has 0 saturated carbocycles. The van der Waals surface area contributed by atoms with Crippen LogP contribution < -0.4 is 11.1 Å². The molecule has 2 rings (SSSR count). The van der Waals surface area contributed by atoms with E-state index < -0.39 is 4.92 Å². The van der Waals surface area contributed by atoms with Crippen LogP contribution in [0.1, 0.15) is 11.1 Å². The van der Waals surface area contributed by atoms with Gasteiger partial charge < -0.3 is 11.1 Å². The summed E-state index contributed by atoms with van der Waals surface area (Å²) in [4.78, 5) is 17.8. The average Bonchev–Trinajstić information content (AvgIpc) is 2.37. The van der Waals surface area contributed by atoms with Gasteiger partial charge in [0.05, 0.1) is 4.92 Å². The number of nitrogens with zero attached hydrogens (tertiary/aromatic N) is 3. The van der Waals surface area contributed by atoms with Gasteiger partial charge in [0, 0.05) is 6.54 Å². The Hall–Kier alpha value is -2.70. The highest BCUT2D eigenvalue weighted by molar-refractivity contribution is 5.67. The van der Waals surface area contributed by atoms with Gasteiger partial charge in [-0.3, -0.25) is 10.1 Å². The molecule has 0 radical (unpaired) electrons. The highest BCUT2D eigenvalue weighted by Gasteiger charge is 2.20. The Balaban J connectivity index is 2.23. The lowest BCUT2D eigenvalue weighted by atomic mass is 10.1. The van der Waals surface area contributed by atoms with Crippen molar-refractivity contribution < 1.29 is 4.92 Å². The summed E-state index contributed by atoms with van der Waals surface area (Å²) in [6, 6.07) is 7.76. The van der Waals surface area contributed by atoms with Gasteiger partial charge in [-0.2, -0.15) is 0 Å². The van der Waals surface area contributed by atoms with Gasteiger partial charge in [0.25, 0.3) is 0 Å². The molecule has 1 aromatic carbocycles. The standard InChI is InChI=1S/C12H13N5O2/c1-8-4-2-3-5-9(8)6-14-12-10(17(18)19)11(13)15-7-16-12/h2-5,7H,6H2,1H3,(H3,13,14,15,16). The fourth-order valence-electron chi connectivity index (χ4n) is 1.69. The molecular formula is C12H13N5O2. The molecule has 0 unspecified atom stereocenters. The van der Waals surface area contributed by atoms with Gasteiger partial charge in [0.15, 0.2) is 0 Å². The van der Waals surface area contributed by atoms with Gasteiger partial charge >= 0.3 is 5.69 Å². The third-order valence-electron chi connectivity index (χ3n) is 2.74. The van der Waals surface area contributed by atoms with Crippen LogP contribution in [-0.2, 0) is 6.54 Å². The van der Waals surface area contributed by atoms with E-state index in [1.807, 2.05) is 31.2 Å². The van der Waals surface area contributed by atoms with Crippen LogP contribution in [0.15, 0.2) is 30.6 Å². The van der Waals surface area contributed by atoms with Crippen LogP contribution in [0.5, 0.6) is 0 Å². The third kappa shape index (κ3) is 2.76. The van der Waals surface area contributed by atoms with Crippen LogP contribution in [0.3, 0.4) is 0 Å². The van der Waals surface area contributed by atoms with Crippen molar-refractivity contribution in [1.82, 2.24) is 9.97 Å². The highest BCUT2D eigenvalue weighted by Crippen LogP contribution is 2.26. The Morgan fingerprint density at radius 1 is 1.37 bits per heavy atom. The number of benzene rings is 1. The molecule has 0 spiro atoms. The second-order valence-electron chi connectivity index (χ2n) is 3.99. The molecule has 2 aromatic rings. The first-order valence-electron chi connectivity index (χ1n) is 5.63. The van der Waals surface area contributed by atoms with Gasteiger partial charge in [-0.05, 0) is 18.1 Å². The summed E-state index contributed by atoms with van der Waals surface area (Å²) in [6.45, 7) is 2.41. The second kappa shape index (κ2) is 5.30. The van der Waals surface area contributed by atoms with Gasteiger partial charge in [-0.25, -0.2) is 9.97 Å². The van der Waals surface area contributed by atoms with Gasteiger partial charge in [0.2, 0.25) is 11.6 Å². The molecule has 0 bridgehead atoms. The van der Waals surface area contributed by atoms with E-state index in [2.05, 4.69) is 15.3 Å². The fraction of sp³-hybridized carbons (Fsp3) is 0.167. The minimum Gasteiger partial charge on any atom is -0.378 e. The summed E-state index contributed by atoms with van der Waals surface area (Å²) >= 11 is 0. The molecule has 0 amide bonds. The number of rotatable bonds is 4. The third-order valence-corrected chi connectivity index (χ3v) is 2.74. The molecule has 98 valence electrons. The number of nitrogens with two attached hydrogens (primary N) is 1. The molecule has 0 fully saturated rings.